The van der Waals surface area contributed by atoms with E-state index in [0.717, 1.165) is 6.42 Å². The lowest BCUT2D eigenvalue weighted by Gasteiger charge is -2.29. The molecule has 38 heteroatoms. The Morgan fingerprint density at radius 2 is 0.925 bits per heavy atom. The molecule has 0 aromatic heterocycles. The number of carboxylic acids is 1. The molecule has 14 atom stereocenters. The fourth-order valence-electron chi connectivity index (χ4n) is 11.7. The van der Waals surface area contributed by atoms with Crippen LogP contribution in [-0.4, -0.2) is 252 Å². The zero-order valence-corrected chi connectivity index (χ0v) is 63.3. The lowest BCUT2D eigenvalue weighted by atomic mass is 10.0. The van der Waals surface area contributed by atoms with Crippen molar-refractivity contribution in [3.05, 3.63) is 0 Å². The Morgan fingerprint density at radius 1 is 0.472 bits per heavy atom. The van der Waals surface area contributed by atoms with Gasteiger partial charge in [0, 0.05) is 13.1 Å². The number of nitrogens with zero attached hydrogens (tertiary/aromatic N) is 2. The third-order valence-electron chi connectivity index (χ3n) is 17.4. The topological polar surface area (TPSA) is 605 Å². The number of aliphatic hydroxyl groups excluding tert-OH is 2. The van der Waals surface area contributed by atoms with E-state index >= 15 is 0 Å². The highest BCUT2D eigenvalue weighted by atomic mass is 16.4. The maximum absolute atomic E-state index is 14.2. The van der Waals surface area contributed by atoms with Crippen LogP contribution in [0.4, 0.5) is 0 Å². The van der Waals surface area contributed by atoms with Gasteiger partial charge >= 0.3 is 5.97 Å². The summed E-state index contributed by atoms with van der Waals surface area (Å²) in [5.74, 6) is -14.0. The number of carbonyl (C=O) groups excluding carboxylic acids is 14. The summed E-state index contributed by atoms with van der Waals surface area (Å²) in [4.78, 5) is 208. The number of nitrogens with one attached hydrogen (secondary N) is 14. The minimum atomic E-state index is -1.78. The van der Waals surface area contributed by atoms with Gasteiger partial charge < -0.3 is 118 Å². The Labute approximate surface area is 620 Å². The number of guanidine groups is 1. The number of unbranched alkanes of at least 4 members (excludes halogenated alkanes) is 2. The van der Waals surface area contributed by atoms with E-state index in [-0.39, 0.29) is 94.1 Å². The zero-order valence-electron chi connectivity index (χ0n) is 63.3. The lowest BCUT2D eigenvalue weighted by molar-refractivity contribution is -0.142. The maximum Gasteiger partial charge on any atom is 0.326 e. The van der Waals surface area contributed by atoms with Crippen molar-refractivity contribution in [2.75, 3.05) is 52.4 Å². The van der Waals surface area contributed by atoms with Gasteiger partial charge in [0.1, 0.15) is 72.5 Å². The van der Waals surface area contributed by atoms with Crippen molar-refractivity contribution in [1.29, 1.82) is 0 Å². The van der Waals surface area contributed by atoms with Gasteiger partial charge in [-0.2, -0.15) is 0 Å². The van der Waals surface area contributed by atoms with Gasteiger partial charge in [-0.3, -0.25) is 72.1 Å². The molecule has 2 saturated heterocycles. The van der Waals surface area contributed by atoms with Crippen LogP contribution in [0.5, 0.6) is 0 Å². The molecule has 0 aromatic carbocycles. The molecule has 0 saturated carbocycles. The van der Waals surface area contributed by atoms with E-state index in [1.807, 2.05) is 13.8 Å². The van der Waals surface area contributed by atoms with Crippen molar-refractivity contribution in [2.24, 2.45) is 51.6 Å². The van der Waals surface area contributed by atoms with Gasteiger partial charge in [-0.15, -0.1) is 0 Å². The number of likely N-dealkylation sites (tertiary alicyclic amines) is 1. The molecular weight excluding hydrogens is 1380 g/mol. The van der Waals surface area contributed by atoms with Crippen LogP contribution in [-0.2, 0) is 71.9 Å². The van der Waals surface area contributed by atoms with E-state index in [0.29, 0.717) is 58.2 Å². The highest BCUT2D eigenvalue weighted by Crippen LogP contribution is 2.21. The first kappa shape index (κ1) is 93.2. The van der Waals surface area contributed by atoms with Crippen molar-refractivity contribution >= 4 is 94.6 Å². The van der Waals surface area contributed by atoms with Gasteiger partial charge in [-0.1, -0.05) is 55.4 Å². The molecule has 0 aliphatic carbocycles. The SMILES string of the molecule is CC(C)C[C@H](NC(=O)[C@@H]1CCCN1)C(=O)N[C@@H](C)C(=O)N[C@@H](CCCN=C(N)N)C(=O)N[C@H](C(=O)N[C@@H](CC(C)C)C(=O)N[C@@H](CO)C(=O)N[C@H](C(=O)N[C@@H](C)C(=O)NCC(=O)N[C@@H](CC(C)C)C(=O)N1CCC[C@H]1C(=O)NCC(=O)N[C@@H](CCCCN)C(=O)N[C@@H](CCCCN)C(=O)O)C(C)C)C(C)O. The molecule has 2 heterocycles. The summed E-state index contributed by atoms with van der Waals surface area (Å²) in [6, 6.07) is -16.5. The number of hydrogen-bond acceptors (Lipinski definition) is 21. The largest absolute Gasteiger partial charge is 0.480 e. The molecule has 2 aliphatic rings. The lowest BCUT2D eigenvalue weighted by Crippen LogP contribution is -2.62. The molecule has 14 amide bonds. The predicted molar refractivity (Wildman–Crippen MR) is 390 cm³/mol. The van der Waals surface area contributed by atoms with E-state index in [1.54, 1.807) is 41.5 Å². The summed E-state index contributed by atoms with van der Waals surface area (Å²) in [6.07, 6.45) is 2.76. The van der Waals surface area contributed by atoms with Gasteiger partial charge in [0.15, 0.2) is 5.96 Å². The van der Waals surface area contributed by atoms with Crippen molar-refractivity contribution in [1.82, 2.24) is 79.3 Å². The number of carbonyl (C=O) groups is 15. The highest BCUT2D eigenvalue weighted by molar-refractivity contribution is 6.00. The number of aliphatic imine (C=N–C) groups is 1. The monoisotopic (exact) mass is 1510 g/mol. The minimum absolute atomic E-state index is 0.00982. The first-order chi connectivity index (χ1) is 49.8. The molecule has 1 unspecified atom stereocenters. The summed E-state index contributed by atoms with van der Waals surface area (Å²) >= 11 is 0. The van der Waals surface area contributed by atoms with Crippen molar-refractivity contribution in [3.8, 4) is 0 Å². The van der Waals surface area contributed by atoms with E-state index < -0.39 is 193 Å². The van der Waals surface area contributed by atoms with Crippen LogP contribution in [0.2, 0.25) is 0 Å². The van der Waals surface area contributed by atoms with Crippen LogP contribution in [0.1, 0.15) is 172 Å². The van der Waals surface area contributed by atoms with Gasteiger partial charge in [-0.05, 0) is 160 Å². The average molecular weight is 1510 g/mol. The molecule has 2 aliphatic heterocycles. The number of rotatable bonds is 49. The van der Waals surface area contributed by atoms with E-state index in [9.17, 15) is 87.2 Å². The Kier molecular flexibility index (Phi) is 42.5. The second-order valence-corrected chi connectivity index (χ2v) is 28.7. The van der Waals surface area contributed by atoms with Crippen LogP contribution in [0.3, 0.4) is 0 Å². The molecule has 25 N–H and O–H groups in total. The summed E-state index contributed by atoms with van der Waals surface area (Å²) in [5.41, 5.74) is 22.2. The van der Waals surface area contributed by atoms with Gasteiger partial charge in [0.25, 0.3) is 0 Å². The van der Waals surface area contributed by atoms with Gasteiger partial charge in [0.05, 0.1) is 31.8 Å². The minimum Gasteiger partial charge on any atom is -0.480 e. The maximum atomic E-state index is 14.2. The Morgan fingerprint density at radius 3 is 1.46 bits per heavy atom. The second-order valence-electron chi connectivity index (χ2n) is 28.7. The molecule has 2 rings (SSSR count). The van der Waals surface area contributed by atoms with Crippen molar-refractivity contribution in [3.63, 3.8) is 0 Å². The van der Waals surface area contributed by atoms with Crippen LogP contribution in [0, 0.1) is 23.7 Å². The number of aliphatic hydroxyl groups is 2. The van der Waals surface area contributed by atoms with E-state index in [1.165, 1.54) is 25.7 Å². The molecular formula is C68H122N20O18. The second kappa shape index (κ2) is 48.3. The van der Waals surface area contributed by atoms with E-state index in [4.69, 9.17) is 22.9 Å². The third-order valence-corrected chi connectivity index (χ3v) is 17.4. The van der Waals surface area contributed by atoms with Crippen LogP contribution in [0.15, 0.2) is 4.99 Å². The molecule has 38 nitrogen and oxygen atoms in total. The Hall–Kier alpha value is -8.88. The van der Waals surface area contributed by atoms with Gasteiger partial charge in [0.2, 0.25) is 82.7 Å². The molecule has 602 valence electrons. The number of aliphatic carboxylic acids is 1. The summed E-state index contributed by atoms with van der Waals surface area (Å²) in [6.45, 7) is 16.8. The molecule has 0 bridgehead atoms. The standard InChI is InChI=1S/C68H122N20O18/c1-35(2)29-46(83-57(95)42-21-16-26-73-42)60(98)77-40(10)56(94)81-44(22-17-27-74-68(71)72)59(97)87-54(41(11)90)65(103)84-47(30-36(3)4)61(99)85-49(34-89)62(100)86-53(38(7)8)64(102)78-39(9)55(93)75-32-52(92)80-48(31-37(5)6)66(104)88-28-18-23-50(88)63(101)76-33-51(91)79-43(19-12-14-24-69)58(96)82-45(67(105)106)20-13-15-25-70/h35-50,53-54,73,89-90H,12-34,69-70H2,1-11H3,(H,75,93)(H,76,101)(H,77,98)(H,78,102)(H,79,91)(H,80,92)(H,81,94)(H,82,96)(H,83,95)(H,84,103)(H,85,99)(H,86,100)(H,87,97)(H,105,106)(H4,71,72,74)/t39-,40-,41?,42-,43-,44-,45-,46-,47-,48-,49-,50-,53-,54-/m0/s1. The van der Waals surface area contributed by atoms with Crippen LogP contribution < -0.4 is 97.4 Å². The summed E-state index contributed by atoms with van der Waals surface area (Å²) in [5, 5.41) is 66.9. The molecule has 0 aromatic rings. The first-order valence-electron chi connectivity index (χ1n) is 36.7. The first-order valence-corrected chi connectivity index (χ1v) is 36.7. The molecule has 0 radical (unpaired) electrons. The third kappa shape index (κ3) is 34.1. The Balaban J connectivity index is 2.15. The van der Waals surface area contributed by atoms with Crippen LogP contribution in [0.25, 0.3) is 0 Å². The number of hydrogen-bond donors (Lipinski definition) is 21. The molecule has 0 spiro atoms. The smallest absolute Gasteiger partial charge is 0.326 e. The quantitative estimate of drug-likeness (QED) is 0.0153. The normalized spacial score (nSPS) is 17.6. The predicted octanol–water partition coefficient (Wildman–Crippen LogP) is -6.10. The van der Waals surface area contributed by atoms with Crippen molar-refractivity contribution in [2.45, 2.75) is 257 Å². The number of carboxylic acid groups (broad SMARTS) is 1. The van der Waals surface area contributed by atoms with Gasteiger partial charge in [-0.25, -0.2) is 4.79 Å². The van der Waals surface area contributed by atoms with E-state index in [2.05, 4.69) is 79.4 Å². The number of amides is 14. The van der Waals surface area contributed by atoms with Crippen molar-refractivity contribution < 1.29 is 87.2 Å². The fourth-order valence-corrected chi connectivity index (χ4v) is 11.7. The summed E-state index contributed by atoms with van der Waals surface area (Å²) in [7, 11) is 0. The molecule has 2 fully saturated rings. The Bertz CT molecular complexity index is 2960. The average Bonchev–Trinajstić information content (AvgIpc) is 1.64. The number of nitrogens with two attached hydrogens (primary N) is 4. The van der Waals surface area contributed by atoms with Crippen LogP contribution >= 0.6 is 0 Å². The summed E-state index contributed by atoms with van der Waals surface area (Å²) < 4.78 is 0. The highest BCUT2D eigenvalue weighted by Gasteiger charge is 2.40. The fraction of sp³-hybridized carbons (Fsp3) is 0.765. The molecule has 106 heavy (non-hydrogen) atoms. The zero-order chi connectivity index (χ0) is 80.1.